The number of para-hydroxylation sites is 1. The van der Waals surface area contributed by atoms with Gasteiger partial charge in [0.15, 0.2) is 0 Å². The van der Waals surface area contributed by atoms with Crippen molar-refractivity contribution in [1.29, 1.82) is 0 Å². The van der Waals surface area contributed by atoms with Gasteiger partial charge in [-0.2, -0.15) is 13.2 Å². The molecule has 1 aromatic carbocycles. The smallest absolute Gasteiger partial charge is 0.418 e. The summed E-state index contributed by atoms with van der Waals surface area (Å²) in [6.45, 7) is 0. The van der Waals surface area contributed by atoms with E-state index >= 15 is 0 Å². The lowest BCUT2D eigenvalue weighted by Crippen LogP contribution is -2.35. The molecule has 114 valence electrons. The third-order valence-corrected chi connectivity index (χ3v) is 2.30. The number of alkyl halides is 3. The van der Waals surface area contributed by atoms with Crippen LogP contribution in [0, 0.1) is 0 Å². The Balaban J connectivity index is 2.68. The molecule has 0 radical (unpaired) electrons. The number of carboxylic acids is 1. The van der Waals surface area contributed by atoms with Gasteiger partial charge < -0.3 is 10.4 Å². The average molecular weight is 304 g/mol. The van der Waals surface area contributed by atoms with E-state index in [0.717, 1.165) is 18.2 Å². The lowest BCUT2D eigenvalue weighted by Gasteiger charge is -2.13. The second kappa shape index (κ2) is 6.73. The normalized spacial score (nSPS) is 10.8. The minimum atomic E-state index is -4.66. The van der Waals surface area contributed by atoms with Gasteiger partial charge in [-0.1, -0.05) is 12.1 Å². The number of carbonyl (C=O) groups is 3. The van der Waals surface area contributed by atoms with Crippen LogP contribution in [0.2, 0.25) is 0 Å². The summed E-state index contributed by atoms with van der Waals surface area (Å²) in [5.74, 6) is -2.13. The second-order valence-electron chi connectivity index (χ2n) is 3.94. The first-order valence-electron chi connectivity index (χ1n) is 5.69. The van der Waals surface area contributed by atoms with Crippen molar-refractivity contribution in [3.63, 3.8) is 0 Å². The quantitative estimate of drug-likeness (QED) is 0.794. The fourth-order valence-corrected chi connectivity index (χ4v) is 1.40. The van der Waals surface area contributed by atoms with Gasteiger partial charge in [-0.3, -0.25) is 14.9 Å². The fraction of sp³-hybridized carbons (Fsp3) is 0.250. The maximum atomic E-state index is 12.7. The van der Waals surface area contributed by atoms with Crippen molar-refractivity contribution in [2.75, 3.05) is 5.32 Å². The maximum absolute atomic E-state index is 12.7. The Morgan fingerprint density at radius 1 is 1.10 bits per heavy atom. The molecule has 0 unspecified atom stereocenters. The number of anilines is 1. The molecule has 0 bridgehead atoms. The molecule has 0 saturated carbocycles. The molecule has 0 atom stereocenters. The van der Waals surface area contributed by atoms with Crippen molar-refractivity contribution in [2.45, 2.75) is 19.0 Å². The van der Waals surface area contributed by atoms with Crippen LogP contribution in [0.1, 0.15) is 18.4 Å². The summed E-state index contributed by atoms with van der Waals surface area (Å²) in [6, 6.07) is 3.09. The van der Waals surface area contributed by atoms with E-state index in [4.69, 9.17) is 5.11 Å². The Hall–Kier alpha value is -2.58. The summed E-state index contributed by atoms with van der Waals surface area (Å²) in [4.78, 5) is 32.8. The zero-order valence-electron chi connectivity index (χ0n) is 10.5. The molecule has 3 amide bonds. The minimum absolute atomic E-state index is 0.455. The summed E-state index contributed by atoms with van der Waals surface area (Å²) in [7, 11) is 0. The standard InChI is InChI=1S/C12H11F3N2O4/c13-12(14,15)7-3-1-2-4-8(7)16-11(21)17-9(18)5-6-10(19)20/h1-4H,5-6H2,(H,19,20)(H2,16,17,18,21). The number of carbonyl (C=O) groups excluding carboxylic acids is 2. The van der Waals surface area contributed by atoms with Crippen LogP contribution in [0.5, 0.6) is 0 Å². The van der Waals surface area contributed by atoms with Crippen molar-refractivity contribution < 1.29 is 32.7 Å². The van der Waals surface area contributed by atoms with Crippen molar-refractivity contribution >= 4 is 23.6 Å². The molecule has 0 aliphatic carbocycles. The highest BCUT2D eigenvalue weighted by molar-refractivity contribution is 6.02. The van der Waals surface area contributed by atoms with Gasteiger partial charge in [0.2, 0.25) is 5.91 Å². The van der Waals surface area contributed by atoms with Gasteiger partial charge in [-0.05, 0) is 12.1 Å². The monoisotopic (exact) mass is 304 g/mol. The summed E-state index contributed by atoms with van der Waals surface area (Å²) in [5, 5.41) is 12.0. The number of amides is 3. The molecule has 3 N–H and O–H groups in total. The fourth-order valence-electron chi connectivity index (χ4n) is 1.40. The number of carboxylic acid groups (broad SMARTS) is 1. The van der Waals surface area contributed by atoms with E-state index in [1.807, 2.05) is 5.32 Å². The molecular weight excluding hydrogens is 293 g/mol. The van der Waals surface area contributed by atoms with E-state index in [1.54, 1.807) is 5.32 Å². The molecule has 0 fully saturated rings. The molecule has 1 aromatic rings. The van der Waals surface area contributed by atoms with Crippen LogP contribution in [0.3, 0.4) is 0 Å². The first-order chi connectivity index (χ1) is 9.70. The van der Waals surface area contributed by atoms with Gasteiger partial charge in [0.1, 0.15) is 0 Å². The highest BCUT2D eigenvalue weighted by atomic mass is 19.4. The summed E-state index contributed by atoms with van der Waals surface area (Å²) in [5.41, 5.74) is -1.56. The van der Waals surface area contributed by atoms with Crippen LogP contribution in [0.15, 0.2) is 24.3 Å². The van der Waals surface area contributed by atoms with Gasteiger partial charge in [0.25, 0.3) is 0 Å². The van der Waals surface area contributed by atoms with Gasteiger partial charge in [0, 0.05) is 6.42 Å². The number of imide groups is 1. The lowest BCUT2D eigenvalue weighted by atomic mass is 10.1. The summed E-state index contributed by atoms with van der Waals surface area (Å²) >= 11 is 0. The predicted octanol–water partition coefficient (Wildman–Crippen LogP) is 2.22. The van der Waals surface area contributed by atoms with E-state index in [0.29, 0.717) is 0 Å². The number of benzene rings is 1. The van der Waals surface area contributed by atoms with Crippen molar-refractivity contribution in [2.24, 2.45) is 0 Å². The maximum Gasteiger partial charge on any atom is 0.418 e. The second-order valence-corrected chi connectivity index (χ2v) is 3.94. The molecule has 0 aliphatic heterocycles. The van der Waals surface area contributed by atoms with Crippen LogP contribution in [-0.2, 0) is 15.8 Å². The van der Waals surface area contributed by atoms with Crippen LogP contribution in [0.4, 0.5) is 23.7 Å². The Bertz CT molecular complexity index is 558. The van der Waals surface area contributed by atoms with Crippen molar-refractivity contribution in [1.82, 2.24) is 5.32 Å². The predicted molar refractivity (Wildman–Crippen MR) is 65.5 cm³/mol. The molecule has 21 heavy (non-hydrogen) atoms. The van der Waals surface area contributed by atoms with E-state index in [-0.39, 0.29) is 0 Å². The van der Waals surface area contributed by atoms with Gasteiger partial charge in [-0.25, -0.2) is 4.79 Å². The van der Waals surface area contributed by atoms with E-state index < -0.39 is 48.2 Å². The topological polar surface area (TPSA) is 95.5 Å². The first-order valence-corrected chi connectivity index (χ1v) is 5.69. The van der Waals surface area contributed by atoms with E-state index in [2.05, 4.69) is 0 Å². The van der Waals surface area contributed by atoms with Crippen molar-refractivity contribution in [3.8, 4) is 0 Å². The van der Waals surface area contributed by atoms with Crippen LogP contribution >= 0.6 is 0 Å². The summed E-state index contributed by atoms with van der Waals surface area (Å²) < 4.78 is 38.0. The Morgan fingerprint density at radius 3 is 2.29 bits per heavy atom. The van der Waals surface area contributed by atoms with E-state index in [9.17, 15) is 27.6 Å². The van der Waals surface area contributed by atoms with Gasteiger partial charge in [0.05, 0.1) is 17.7 Å². The number of halogens is 3. The largest absolute Gasteiger partial charge is 0.481 e. The molecule has 0 heterocycles. The minimum Gasteiger partial charge on any atom is -0.481 e. The highest BCUT2D eigenvalue weighted by Crippen LogP contribution is 2.34. The Kier molecular flexibility index (Phi) is 5.28. The molecule has 0 spiro atoms. The number of urea groups is 1. The van der Waals surface area contributed by atoms with Crippen molar-refractivity contribution in [3.05, 3.63) is 29.8 Å². The number of hydrogen-bond donors (Lipinski definition) is 3. The number of nitrogens with one attached hydrogen (secondary N) is 2. The molecular formula is C12H11F3N2O4. The van der Waals surface area contributed by atoms with E-state index in [1.165, 1.54) is 6.07 Å². The van der Waals surface area contributed by atoms with Crippen LogP contribution in [-0.4, -0.2) is 23.0 Å². The first kappa shape index (κ1) is 16.5. The average Bonchev–Trinajstić information content (AvgIpc) is 2.35. The Labute approximate surface area is 116 Å². The number of aliphatic carboxylic acids is 1. The number of rotatable bonds is 4. The third kappa shape index (κ3) is 5.51. The number of hydrogen-bond acceptors (Lipinski definition) is 3. The molecule has 1 rings (SSSR count). The SMILES string of the molecule is O=C(O)CCC(=O)NC(=O)Nc1ccccc1C(F)(F)F. The van der Waals surface area contributed by atoms with Crippen LogP contribution < -0.4 is 10.6 Å². The molecule has 0 saturated heterocycles. The molecule has 0 aliphatic rings. The molecule has 0 aromatic heterocycles. The zero-order chi connectivity index (χ0) is 16.0. The molecule has 9 heteroatoms. The van der Waals surface area contributed by atoms with Gasteiger partial charge in [-0.15, -0.1) is 0 Å². The van der Waals surface area contributed by atoms with Crippen LogP contribution in [0.25, 0.3) is 0 Å². The Morgan fingerprint density at radius 2 is 1.71 bits per heavy atom. The lowest BCUT2D eigenvalue weighted by molar-refractivity contribution is -0.139. The highest BCUT2D eigenvalue weighted by Gasteiger charge is 2.33. The van der Waals surface area contributed by atoms with Gasteiger partial charge >= 0.3 is 18.2 Å². The zero-order valence-corrected chi connectivity index (χ0v) is 10.5. The third-order valence-electron chi connectivity index (χ3n) is 2.30. The molecule has 6 nitrogen and oxygen atoms in total. The summed E-state index contributed by atoms with van der Waals surface area (Å²) in [6.07, 6.45) is -5.60.